The van der Waals surface area contributed by atoms with Crippen LogP contribution in [0.15, 0.2) is 42.5 Å². The zero-order valence-electron chi connectivity index (χ0n) is 15.7. The van der Waals surface area contributed by atoms with E-state index in [0.717, 1.165) is 6.42 Å². The van der Waals surface area contributed by atoms with Crippen molar-refractivity contribution in [2.45, 2.75) is 20.3 Å². The van der Waals surface area contributed by atoms with Gasteiger partial charge in [-0.3, -0.25) is 14.9 Å². The van der Waals surface area contributed by atoms with E-state index in [9.17, 15) is 19.7 Å². The molecule has 0 bridgehead atoms. The summed E-state index contributed by atoms with van der Waals surface area (Å²) in [6, 6.07) is 11.0. The van der Waals surface area contributed by atoms with E-state index in [1.807, 2.05) is 6.92 Å². The molecule has 2 rings (SSSR count). The molecule has 8 nitrogen and oxygen atoms in total. The second-order valence-electron chi connectivity index (χ2n) is 5.93. The van der Waals surface area contributed by atoms with Crippen LogP contribution in [0.3, 0.4) is 0 Å². The standard InChI is InChI=1S/C20H21NO7/c1-3-10-26-18-6-4-5-7-19(18)27-13-20(23)28-12-17(22)15-9-8-14(2)16(11-15)21(24)25/h4-9,11H,3,10,12-13H2,1-2H3. The first-order chi connectivity index (χ1) is 13.4. The predicted octanol–water partition coefficient (Wildman–Crippen LogP) is 3.50. The average molecular weight is 387 g/mol. The third-order valence-corrected chi connectivity index (χ3v) is 3.75. The summed E-state index contributed by atoms with van der Waals surface area (Å²) in [6.45, 7) is 3.14. The summed E-state index contributed by atoms with van der Waals surface area (Å²) in [7, 11) is 0. The lowest BCUT2D eigenvalue weighted by Crippen LogP contribution is -2.19. The summed E-state index contributed by atoms with van der Waals surface area (Å²) >= 11 is 0. The van der Waals surface area contributed by atoms with Crippen LogP contribution >= 0.6 is 0 Å². The largest absolute Gasteiger partial charge is 0.490 e. The minimum Gasteiger partial charge on any atom is -0.490 e. The number of nitrogens with zero attached hydrogens (tertiary/aromatic N) is 1. The van der Waals surface area contributed by atoms with E-state index in [-0.39, 0.29) is 11.3 Å². The Morgan fingerprint density at radius 1 is 1.04 bits per heavy atom. The lowest BCUT2D eigenvalue weighted by atomic mass is 10.1. The lowest BCUT2D eigenvalue weighted by Gasteiger charge is -2.11. The Hall–Kier alpha value is -3.42. The Balaban J connectivity index is 1.88. The maximum absolute atomic E-state index is 12.1. The Morgan fingerprint density at radius 2 is 1.71 bits per heavy atom. The number of nitro groups is 1. The average Bonchev–Trinajstić information content (AvgIpc) is 2.69. The van der Waals surface area contributed by atoms with Crippen LogP contribution in [0.4, 0.5) is 5.69 Å². The summed E-state index contributed by atoms with van der Waals surface area (Å²) in [5.74, 6) is -0.364. The van der Waals surface area contributed by atoms with Gasteiger partial charge in [0.1, 0.15) is 0 Å². The summed E-state index contributed by atoms with van der Waals surface area (Å²) < 4.78 is 15.8. The van der Waals surface area contributed by atoms with E-state index in [0.29, 0.717) is 23.7 Å². The van der Waals surface area contributed by atoms with Gasteiger partial charge < -0.3 is 14.2 Å². The second-order valence-corrected chi connectivity index (χ2v) is 5.93. The molecule has 0 fully saturated rings. The fourth-order valence-electron chi connectivity index (χ4n) is 2.29. The number of para-hydroxylation sites is 2. The van der Waals surface area contributed by atoms with Gasteiger partial charge in [-0.05, 0) is 25.5 Å². The fraction of sp³-hybridized carbons (Fsp3) is 0.300. The molecule has 0 saturated heterocycles. The molecule has 0 radical (unpaired) electrons. The number of ketones is 1. The number of Topliss-reactive ketones (excluding diaryl/α,β-unsaturated/α-hetero) is 1. The minimum atomic E-state index is -0.736. The highest BCUT2D eigenvalue weighted by Gasteiger charge is 2.17. The number of ether oxygens (including phenoxy) is 3. The quantitative estimate of drug-likeness (QED) is 0.266. The van der Waals surface area contributed by atoms with Gasteiger partial charge in [0.15, 0.2) is 24.7 Å². The van der Waals surface area contributed by atoms with Crippen LogP contribution in [-0.2, 0) is 9.53 Å². The van der Waals surface area contributed by atoms with Crippen molar-refractivity contribution < 1.29 is 28.7 Å². The van der Waals surface area contributed by atoms with Gasteiger partial charge in [-0.1, -0.05) is 31.2 Å². The summed E-state index contributed by atoms with van der Waals surface area (Å²) in [5, 5.41) is 11.0. The normalized spacial score (nSPS) is 10.2. The topological polar surface area (TPSA) is 105 Å². The van der Waals surface area contributed by atoms with Crippen LogP contribution in [0.25, 0.3) is 0 Å². The number of nitro benzene ring substituents is 1. The number of hydrogen-bond acceptors (Lipinski definition) is 7. The van der Waals surface area contributed by atoms with Gasteiger partial charge >= 0.3 is 5.97 Å². The van der Waals surface area contributed by atoms with Crippen molar-refractivity contribution in [3.63, 3.8) is 0 Å². The molecule has 0 aromatic heterocycles. The maximum Gasteiger partial charge on any atom is 0.344 e. The monoisotopic (exact) mass is 387 g/mol. The molecular formula is C20H21NO7. The molecular weight excluding hydrogens is 366 g/mol. The third kappa shape index (κ3) is 5.80. The van der Waals surface area contributed by atoms with Gasteiger partial charge in [-0.15, -0.1) is 0 Å². The molecule has 0 heterocycles. The van der Waals surface area contributed by atoms with Gasteiger partial charge in [0, 0.05) is 17.2 Å². The molecule has 0 aliphatic carbocycles. The number of benzene rings is 2. The molecule has 0 saturated carbocycles. The number of aryl methyl sites for hydroxylation is 1. The Morgan fingerprint density at radius 3 is 2.36 bits per heavy atom. The van der Waals surface area contributed by atoms with Gasteiger partial charge in [0.05, 0.1) is 11.5 Å². The van der Waals surface area contributed by atoms with Crippen molar-refractivity contribution in [3.05, 3.63) is 63.7 Å². The Bertz CT molecular complexity index is 863. The van der Waals surface area contributed by atoms with E-state index < -0.39 is 29.9 Å². The molecule has 28 heavy (non-hydrogen) atoms. The highest BCUT2D eigenvalue weighted by molar-refractivity contribution is 5.98. The number of esters is 1. The number of rotatable bonds is 10. The molecule has 0 aliphatic heterocycles. The molecule has 0 amide bonds. The van der Waals surface area contributed by atoms with Gasteiger partial charge in [0.25, 0.3) is 5.69 Å². The molecule has 0 atom stereocenters. The van der Waals surface area contributed by atoms with Crippen molar-refractivity contribution in [1.82, 2.24) is 0 Å². The Labute approximate surface area is 162 Å². The molecule has 8 heteroatoms. The predicted molar refractivity (Wildman–Crippen MR) is 101 cm³/mol. The van der Waals surface area contributed by atoms with Crippen LogP contribution < -0.4 is 9.47 Å². The van der Waals surface area contributed by atoms with Crippen molar-refractivity contribution in [2.24, 2.45) is 0 Å². The third-order valence-electron chi connectivity index (χ3n) is 3.75. The minimum absolute atomic E-state index is 0.101. The van der Waals surface area contributed by atoms with Crippen molar-refractivity contribution in [1.29, 1.82) is 0 Å². The second kappa shape index (κ2) is 10.1. The first kappa shape index (κ1) is 20.9. The molecule has 148 valence electrons. The van der Waals surface area contributed by atoms with E-state index in [1.54, 1.807) is 31.2 Å². The molecule has 0 aliphatic rings. The number of hydrogen-bond donors (Lipinski definition) is 0. The van der Waals surface area contributed by atoms with Crippen molar-refractivity contribution in [3.8, 4) is 11.5 Å². The SMILES string of the molecule is CCCOc1ccccc1OCC(=O)OCC(=O)c1ccc(C)c([N+](=O)[O-])c1. The van der Waals surface area contributed by atoms with Gasteiger partial charge in [-0.2, -0.15) is 0 Å². The summed E-state index contributed by atoms with van der Waals surface area (Å²) in [4.78, 5) is 34.4. The van der Waals surface area contributed by atoms with Crippen molar-refractivity contribution in [2.75, 3.05) is 19.8 Å². The fourth-order valence-corrected chi connectivity index (χ4v) is 2.29. The number of carbonyl (C=O) groups is 2. The molecule has 0 spiro atoms. The maximum atomic E-state index is 12.1. The van der Waals surface area contributed by atoms with E-state index in [4.69, 9.17) is 14.2 Å². The Kier molecular flexibility index (Phi) is 7.50. The first-order valence-electron chi connectivity index (χ1n) is 8.70. The molecule has 2 aromatic rings. The van der Waals surface area contributed by atoms with Crippen LogP contribution in [0, 0.1) is 17.0 Å². The molecule has 2 aromatic carbocycles. The zero-order chi connectivity index (χ0) is 20.5. The van der Waals surface area contributed by atoms with Gasteiger partial charge in [0.2, 0.25) is 5.78 Å². The zero-order valence-corrected chi connectivity index (χ0v) is 15.7. The van der Waals surface area contributed by atoms with E-state index in [1.165, 1.54) is 18.2 Å². The van der Waals surface area contributed by atoms with E-state index >= 15 is 0 Å². The van der Waals surface area contributed by atoms with Crippen molar-refractivity contribution >= 4 is 17.4 Å². The summed E-state index contributed by atoms with van der Waals surface area (Å²) in [6.07, 6.45) is 0.829. The highest BCUT2D eigenvalue weighted by Crippen LogP contribution is 2.26. The first-order valence-corrected chi connectivity index (χ1v) is 8.70. The van der Waals surface area contributed by atoms with Gasteiger partial charge in [-0.25, -0.2) is 4.79 Å². The van der Waals surface area contributed by atoms with E-state index in [2.05, 4.69) is 0 Å². The summed E-state index contributed by atoms with van der Waals surface area (Å²) in [5.41, 5.74) is 0.379. The number of carbonyl (C=O) groups excluding carboxylic acids is 2. The van der Waals surface area contributed by atoms with Crippen LogP contribution in [0.2, 0.25) is 0 Å². The highest BCUT2D eigenvalue weighted by atomic mass is 16.6. The van der Waals surface area contributed by atoms with Crippen LogP contribution in [-0.4, -0.2) is 36.5 Å². The van der Waals surface area contributed by atoms with Crippen LogP contribution in [0.1, 0.15) is 29.3 Å². The smallest absolute Gasteiger partial charge is 0.344 e. The lowest BCUT2D eigenvalue weighted by molar-refractivity contribution is -0.385. The molecule has 0 unspecified atom stereocenters. The van der Waals surface area contributed by atoms with Crippen LogP contribution in [0.5, 0.6) is 11.5 Å². The molecule has 0 N–H and O–H groups in total.